The fourth-order valence-corrected chi connectivity index (χ4v) is 1.27. The van der Waals surface area contributed by atoms with E-state index in [1.807, 2.05) is 0 Å². The molecule has 0 saturated heterocycles. The highest BCUT2D eigenvalue weighted by molar-refractivity contribution is 5.96. The quantitative estimate of drug-likeness (QED) is 0.735. The number of ketones is 1. The number of halogens is 3. The van der Waals surface area contributed by atoms with Crippen LogP contribution in [-0.2, 0) is 6.18 Å². The minimum Gasteiger partial charge on any atom is -0.384 e. The maximum atomic E-state index is 12.4. The van der Waals surface area contributed by atoms with E-state index in [2.05, 4.69) is 4.98 Å². The summed E-state index contributed by atoms with van der Waals surface area (Å²) in [4.78, 5) is 14.2. The van der Waals surface area contributed by atoms with Crippen molar-refractivity contribution in [2.24, 2.45) is 0 Å². The van der Waals surface area contributed by atoms with Gasteiger partial charge in [0.1, 0.15) is 11.5 Å². The van der Waals surface area contributed by atoms with Crippen molar-refractivity contribution in [1.82, 2.24) is 4.98 Å². The van der Waals surface area contributed by atoms with E-state index in [9.17, 15) is 18.0 Å². The molecule has 0 radical (unpaired) electrons. The number of nitrogen functional groups attached to an aromatic ring is 1. The van der Waals surface area contributed by atoms with Crippen molar-refractivity contribution in [2.75, 3.05) is 5.73 Å². The normalized spacial score (nSPS) is 11.5. The van der Waals surface area contributed by atoms with Gasteiger partial charge >= 0.3 is 6.18 Å². The molecule has 2 N–H and O–H groups in total. The average molecular weight is 218 g/mol. The van der Waals surface area contributed by atoms with E-state index in [0.717, 1.165) is 6.07 Å². The van der Waals surface area contributed by atoms with E-state index in [-0.39, 0.29) is 16.9 Å². The van der Waals surface area contributed by atoms with Crippen LogP contribution < -0.4 is 5.73 Å². The van der Waals surface area contributed by atoms with Crippen molar-refractivity contribution < 1.29 is 18.0 Å². The standard InChI is InChI=1S/C9H9F3N2O/c1-4-6(5(2)15)3-7(13)14-8(4)9(10,11)12/h3H,1-2H3,(H2,13,14). The summed E-state index contributed by atoms with van der Waals surface area (Å²) in [5.41, 5.74) is 3.86. The van der Waals surface area contributed by atoms with Crippen LogP contribution in [0.1, 0.15) is 28.5 Å². The van der Waals surface area contributed by atoms with Gasteiger partial charge in [0.05, 0.1) is 0 Å². The highest BCUT2D eigenvalue weighted by atomic mass is 19.4. The lowest BCUT2D eigenvalue weighted by Gasteiger charge is -2.12. The zero-order valence-electron chi connectivity index (χ0n) is 8.14. The molecule has 1 aromatic heterocycles. The molecule has 0 aliphatic carbocycles. The van der Waals surface area contributed by atoms with E-state index >= 15 is 0 Å². The summed E-state index contributed by atoms with van der Waals surface area (Å²) in [5.74, 6) is -0.773. The van der Waals surface area contributed by atoms with Crippen LogP contribution in [0, 0.1) is 6.92 Å². The number of rotatable bonds is 1. The smallest absolute Gasteiger partial charge is 0.384 e. The van der Waals surface area contributed by atoms with Crippen molar-refractivity contribution in [1.29, 1.82) is 0 Å². The van der Waals surface area contributed by atoms with Gasteiger partial charge < -0.3 is 5.73 Å². The van der Waals surface area contributed by atoms with Crippen LogP contribution >= 0.6 is 0 Å². The van der Waals surface area contributed by atoms with E-state index in [4.69, 9.17) is 5.73 Å². The Hall–Kier alpha value is -1.59. The van der Waals surface area contributed by atoms with E-state index < -0.39 is 17.7 Å². The number of nitrogens with zero attached hydrogens (tertiary/aromatic N) is 1. The molecule has 3 nitrogen and oxygen atoms in total. The fourth-order valence-electron chi connectivity index (χ4n) is 1.27. The Bertz CT molecular complexity index is 413. The second-order valence-electron chi connectivity index (χ2n) is 3.12. The lowest BCUT2D eigenvalue weighted by molar-refractivity contribution is -0.141. The number of hydrogen-bond donors (Lipinski definition) is 1. The molecular formula is C9H9F3N2O. The second-order valence-corrected chi connectivity index (χ2v) is 3.12. The van der Waals surface area contributed by atoms with Gasteiger partial charge in [-0.3, -0.25) is 4.79 Å². The van der Waals surface area contributed by atoms with E-state index in [1.54, 1.807) is 0 Å². The lowest BCUT2D eigenvalue weighted by atomic mass is 10.0. The van der Waals surface area contributed by atoms with Crippen LogP contribution in [0.25, 0.3) is 0 Å². The molecule has 0 atom stereocenters. The van der Waals surface area contributed by atoms with Crippen molar-refractivity contribution in [2.45, 2.75) is 20.0 Å². The zero-order valence-corrected chi connectivity index (χ0v) is 8.14. The van der Waals surface area contributed by atoms with Gasteiger partial charge in [-0.15, -0.1) is 0 Å². The number of anilines is 1. The Morgan fingerprint density at radius 1 is 1.47 bits per heavy atom. The summed E-state index contributed by atoms with van der Waals surface area (Å²) < 4.78 is 37.3. The number of aromatic nitrogens is 1. The van der Waals surface area contributed by atoms with Crippen molar-refractivity contribution in [3.8, 4) is 0 Å². The minimum absolute atomic E-state index is 0.0465. The van der Waals surface area contributed by atoms with Gasteiger partial charge in [-0.1, -0.05) is 0 Å². The summed E-state index contributed by atoms with van der Waals surface area (Å²) in [6.07, 6.45) is -4.59. The molecule has 82 valence electrons. The molecule has 15 heavy (non-hydrogen) atoms. The molecule has 0 spiro atoms. The summed E-state index contributed by atoms with van der Waals surface area (Å²) in [6.45, 7) is 2.38. The predicted molar refractivity (Wildman–Crippen MR) is 48.4 cm³/mol. The Balaban J connectivity index is 3.49. The van der Waals surface area contributed by atoms with Crippen molar-refractivity contribution >= 4 is 11.6 Å². The number of pyridine rings is 1. The summed E-state index contributed by atoms with van der Waals surface area (Å²) in [7, 11) is 0. The van der Waals surface area contributed by atoms with Crippen LogP contribution in [0.3, 0.4) is 0 Å². The maximum Gasteiger partial charge on any atom is 0.433 e. The third-order valence-corrected chi connectivity index (χ3v) is 1.94. The van der Waals surface area contributed by atoms with Gasteiger partial charge in [0, 0.05) is 5.56 Å². The number of nitrogens with two attached hydrogens (primary N) is 1. The molecule has 0 unspecified atom stereocenters. The molecule has 0 amide bonds. The lowest BCUT2D eigenvalue weighted by Crippen LogP contribution is -2.15. The maximum absolute atomic E-state index is 12.4. The number of alkyl halides is 3. The van der Waals surface area contributed by atoms with Gasteiger partial charge in [0.2, 0.25) is 0 Å². The van der Waals surface area contributed by atoms with Gasteiger partial charge in [-0.2, -0.15) is 13.2 Å². The van der Waals surface area contributed by atoms with Gasteiger partial charge in [-0.05, 0) is 25.5 Å². The largest absolute Gasteiger partial charge is 0.433 e. The molecule has 0 aliphatic heterocycles. The molecule has 1 heterocycles. The number of carbonyl (C=O) groups is 1. The molecule has 0 saturated carbocycles. The molecule has 6 heteroatoms. The molecule has 0 fully saturated rings. The highest BCUT2D eigenvalue weighted by Gasteiger charge is 2.35. The topological polar surface area (TPSA) is 56.0 Å². The number of Topliss-reactive ketones (excluding diaryl/α,β-unsaturated/α-hetero) is 1. The first-order valence-electron chi connectivity index (χ1n) is 4.08. The zero-order chi connectivity index (χ0) is 11.8. The monoisotopic (exact) mass is 218 g/mol. The van der Waals surface area contributed by atoms with Crippen LogP contribution in [0.15, 0.2) is 6.07 Å². The first kappa shape index (κ1) is 11.5. The summed E-state index contributed by atoms with van der Waals surface area (Å²) in [5, 5.41) is 0. The molecule has 0 bridgehead atoms. The second kappa shape index (κ2) is 3.52. The first-order chi connectivity index (χ1) is 6.73. The van der Waals surface area contributed by atoms with Gasteiger partial charge in [0.15, 0.2) is 5.78 Å². The Morgan fingerprint density at radius 3 is 2.40 bits per heavy atom. The Labute approximate surface area is 84.1 Å². The van der Waals surface area contributed by atoms with Crippen LogP contribution in [0.5, 0.6) is 0 Å². The first-order valence-corrected chi connectivity index (χ1v) is 4.08. The third-order valence-electron chi connectivity index (χ3n) is 1.94. The molecule has 0 aromatic carbocycles. The van der Waals surface area contributed by atoms with E-state index in [0.29, 0.717) is 0 Å². The fraction of sp³-hybridized carbons (Fsp3) is 0.333. The average Bonchev–Trinajstić information content (AvgIpc) is 2.06. The SMILES string of the molecule is CC(=O)c1cc(N)nc(C(F)(F)F)c1C. The predicted octanol–water partition coefficient (Wildman–Crippen LogP) is 2.19. The van der Waals surface area contributed by atoms with Gasteiger partial charge in [0.25, 0.3) is 0 Å². The Morgan fingerprint density at radius 2 is 2.00 bits per heavy atom. The minimum atomic E-state index is -4.59. The third kappa shape index (κ3) is 2.26. The van der Waals surface area contributed by atoms with Gasteiger partial charge in [-0.25, -0.2) is 4.98 Å². The van der Waals surface area contributed by atoms with Crippen LogP contribution in [0.4, 0.5) is 19.0 Å². The van der Waals surface area contributed by atoms with Crippen molar-refractivity contribution in [3.05, 3.63) is 22.9 Å². The molecular weight excluding hydrogens is 209 g/mol. The highest BCUT2D eigenvalue weighted by Crippen LogP contribution is 2.32. The van der Waals surface area contributed by atoms with Crippen LogP contribution in [-0.4, -0.2) is 10.8 Å². The van der Waals surface area contributed by atoms with Crippen LogP contribution in [0.2, 0.25) is 0 Å². The van der Waals surface area contributed by atoms with E-state index in [1.165, 1.54) is 13.8 Å². The van der Waals surface area contributed by atoms with Crippen molar-refractivity contribution in [3.63, 3.8) is 0 Å². The Kier molecular flexibility index (Phi) is 2.70. The summed E-state index contributed by atoms with van der Waals surface area (Å²) in [6, 6.07) is 1.15. The molecule has 1 rings (SSSR count). The number of carbonyl (C=O) groups excluding carboxylic acids is 1. The number of hydrogen-bond acceptors (Lipinski definition) is 3. The molecule has 1 aromatic rings. The summed E-state index contributed by atoms with van der Waals surface area (Å²) >= 11 is 0. The molecule has 0 aliphatic rings.